The average molecular weight is 345 g/mol. The largest absolute Gasteiger partial charge is 0.416 e. The second-order valence-corrected chi connectivity index (χ2v) is 6.19. The highest BCUT2D eigenvalue weighted by Gasteiger charge is 2.31. The van der Waals surface area contributed by atoms with Crippen LogP contribution >= 0.6 is 11.8 Å². The van der Waals surface area contributed by atoms with Gasteiger partial charge in [0.15, 0.2) is 0 Å². The lowest BCUT2D eigenvalue weighted by molar-refractivity contribution is -0.137. The Morgan fingerprint density at radius 2 is 1.58 bits per heavy atom. The molecule has 0 atom stereocenters. The van der Waals surface area contributed by atoms with Crippen LogP contribution in [0.2, 0.25) is 0 Å². The first-order valence-electron chi connectivity index (χ1n) is 7.19. The molecule has 0 N–H and O–H groups in total. The van der Waals surface area contributed by atoms with Crippen molar-refractivity contribution in [3.63, 3.8) is 0 Å². The smallest absolute Gasteiger partial charge is 0.308 e. The molecule has 0 spiro atoms. The van der Waals surface area contributed by atoms with Gasteiger partial charge in [0.25, 0.3) is 0 Å². The van der Waals surface area contributed by atoms with E-state index in [0.717, 1.165) is 33.3 Å². The fourth-order valence-corrected chi connectivity index (χ4v) is 3.56. The summed E-state index contributed by atoms with van der Waals surface area (Å²) < 4.78 is 38.4. The molecule has 2 aromatic rings. The van der Waals surface area contributed by atoms with Crippen LogP contribution in [-0.2, 0) is 6.18 Å². The summed E-state index contributed by atoms with van der Waals surface area (Å²) in [5.74, 6) is 0. The molecule has 0 fully saturated rings. The highest BCUT2D eigenvalue weighted by Crippen LogP contribution is 2.47. The van der Waals surface area contributed by atoms with Crippen molar-refractivity contribution in [1.82, 2.24) is 0 Å². The quantitative estimate of drug-likeness (QED) is 0.622. The Morgan fingerprint density at radius 3 is 2.17 bits per heavy atom. The number of benzene rings is 2. The SMILES string of the molecule is C=CC1=C(C=C)N(c2ccc(C(F)(F)F)cc2)c2ccccc2S1. The molecule has 0 bridgehead atoms. The predicted octanol–water partition coefficient (Wildman–Crippen LogP) is 6.53. The maximum Gasteiger partial charge on any atom is 0.416 e. The number of para-hydroxylation sites is 1. The Labute approximate surface area is 142 Å². The van der Waals surface area contributed by atoms with Gasteiger partial charge in [-0.15, -0.1) is 0 Å². The minimum absolute atomic E-state index is 0.644. The Kier molecular flexibility index (Phi) is 4.28. The van der Waals surface area contributed by atoms with Crippen molar-refractivity contribution in [2.45, 2.75) is 11.1 Å². The number of nitrogens with zero attached hydrogens (tertiary/aromatic N) is 1. The standard InChI is InChI=1S/C19H14F3NS/c1-3-15-17(4-2)24-18-8-6-5-7-16(18)23(15)14-11-9-13(10-12-14)19(20,21)22/h3-12H,1-2H2. The molecule has 1 heterocycles. The maximum absolute atomic E-state index is 12.8. The highest BCUT2D eigenvalue weighted by atomic mass is 32.2. The van der Waals surface area contributed by atoms with Gasteiger partial charge >= 0.3 is 6.18 Å². The average Bonchev–Trinajstić information content (AvgIpc) is 2.59. The molecule has 1 aliphatic heterocycles. The summed E-state index contributed by atoms with van der Waals surface area (Å²) in [6, 6.07) is 12.9. The van der Waals surface area contributed by atoms with Crippen molar-refractivity contribution < 1.29 is 13.2 Å². The third-order valence-corrected chi connectivity index (χ3v) is 4.81. The van der Waals surface area contributed by atoms with E-state index in [9.17, 15) is 13.2 Å². The van der Waals surface area contributed by atoms with Gasteiger partial charge in [-0.25, -0.2) is 0 Å². The Balaban J connectivity index is 2.15. The first-order valence-corrected chi connectivity index (χ1v) is 8.01. The summed E-state index contributed by atoms with van der Waals surface area (Å²) >= 11 is 1.56. The molecule has 0 aliphatic carbocycles. The minimum atomic E-state index is -4.35. The van der Waals surface area contributed by atoms with Crippen molar-refractivity contribution >= 4 is 23.1 Å². The topological polar surface area (TPSA) is 3.24 Å². The van der Waals surface area contributed by atoms with Gasteiger partial charge in [-0.05, 0) is 42.5 Å². The number of hydrogen-bond acceptors (Lipinski definition) is 2. The van der Waals surface area contributed by atoms with E-state index in [1.54, 1.807) is 23.9 Å². The van der Waals surface area contributed by atoms with Crippen molar-refractivity contribution in [3.05, 3.63) is 90.0 Å². The molecule has 0 amide bonds. The highest BCUT2D eigenvalue weighted by molar-refractivity contribution is 8.03. The van der Waals surface area contributed by atoms with Crippen LogP contribution in [0.25, 0.3) is 0 Å². The van der Waals surface area contributed by atoms with Crippen LogP contribution in [-0.4, -0.2) is 0 Å². The number of rotatable bonds is 3. The van der Waals surface area contributed by atoms with Gasteiger partial charge in [-0.1, -0.05) is 43.1 Å². The molecular formula is C19H14F3NS. The lowest BCUT2D eigenvalue weighted by Crippen LogP contribution is -2.20. The van der Waals surface area contributed by atoms with Crippen LogP contribution in [0.4, 0.5) is 24.5 Å². The monoisotopic (exact) mass is 345 g/mol. The van der Waals surface area contributed by atoms with E-state index in [1.165, 1.54) is 12.1 Å². The van der Waals surface area contributed by atoms with Crippen LogP contribution in [0.1, 0.15) is 5.56 Å². The summed E-state index contributed by atoms with van der Waals surface area (Å²) in [7, 11) is 0. The lowest BCUT2D eigenvalue weighted by atomic mass is 10.1. The number of allylic oxidation sites excluding steroid dienone is 2. The molecule has 0 unspecified atom stereocenters. The zero-order chi connectivity index (χ0) is 17.3. The van der Waals surface area contributed by atoms with Gasteiger partial charge in [0.1, 0.15) is 0 Å². The van der Waals surface area contributed by atoms with Crippen molar-refractivity contribution in [2.75, 3.05) is 4.90 Å². The molecule has 0 saturated carbocycles. The third-order valence-electron chi connectivity index (χ3n) is 3.65. The van der Waals surface area contributed by atoms with E-state index in [-0.39, 0.29) is 0 Å². The summed E-state index contributed by atoms with van der Waals surface area (Å²) in [5, 5.41) is 0. The van der Waals surface area contributed by atoms with E-state index in [2.05, 4.69) is 13.2 Å². The fourth-order valence-electron chi connectivity index (χ4n) is 2.55. The normalized spacial score (nSPS) is 14.4. The van der Waals surface area contributed by atoms with Crippen LogP contribution in [0.3, 0.4) is 0 Å². The van der Waals surface area contributed by atoms with Crippen LogP contribution < -0.4 is 4.90 Å². The van der Waals surface area contributed by atoms with Gasteiger partial charge in [-0.3, -0.25) is 0 Å². The van der Waals surface area contributed by atoms with E-state index in [4.69, 9.17) is 0 Å². The van der Waals surface area contributed by atoms with Crippen molar-refractivity contribution in [2.24, 2.45) is 0 Å². The lowest BCUT2D eigenvalue weighted by Gasteiger charge is -2.33. The van der Waals surface area contributed by atoms with Gasteiger partial charge in [0.05, 0.1) is 16.9 Å². The van der Waals surface area contributed by atoms with E-state index in [0.29, 0.717) is 5.69 Å². The van der Waals surface area contributed by atoms with E-state index in [1.807, 2.05) is 29.2 Å². The number of alkyl halides is 3. The zero-order valence-corrected chi connectivity index (χ0v) is 13.5. The second-order valence-electron chi connectivity index (χ2n) is 5.11. The number of fused-ring (bicyclic) bond motifs is 1. The Morgan fingerprint density at radius 1 is 0.917 bits per heavy atom. The van der Waals surface area contributed by atoms with Gasteiger partial charge in [-0.2, -0.15) is 13.2 Å². The molecule has 2 aromatic carbocycles. The minimum Gasteiger partial charge on any atom is -0.308 e. The molecular weight excluding hydrogens is 331 g/mol. The summed E-state index contributed by atoms with van der Waals surface area (Å²) in [6.45, 7) is 7.68. The Bertz CT molecular complexity index is 819. The van der Waals surface area contributed by atoms with Crippen LogP contribution in [0.15, 0.2) is 89.3 Å². The van der Waals surface area contributed by atoms with Crippen molar-refractivity contribution in [1.29, 1.82) is 0 Å². The second kappa shape index (κ2) is 6.24. The van der Waals surface area contributed by atoms with Crippen LogP contribution in [0, 0.1) is 0 Å². The maximum atomic E-state index is 12.8. The first-order chi connectivity index (χ1) is 11.5. The fraction of sp³-hybridized carbons (Fsp3) is 0.0526. The molecule has 1 aliphatic rings. The summed E-state index contributed by atoms with van der Waals surface area (Å²) in [6.07, 6.45) is -0.927. The molecule has 0 aromatic heterocycles. The first kappa shape index (κ1) is 16.5. The third kappa shape index (κ3) is 2.87. The van der Waals surface area contributed by atoms with Gasteiger partial charge < -0.3 is 4.90 Å². The number of halogens is 3. The summed E-state index contributed by atoms with van der Waals surface area (Å²) in [4.78, 5) is 3.82. The van der Waals surface area contributed by atoms with Gasteiger partial charge in [0, 0.05) is 15.5 Å². The van der Waals surface area contributed by atoms with Crippen LogP contribution in [0.5, 0.6) is 0 Å². The number of hydrogen-bond donors (Lipinski definition) is 0. The van der Waals surface area contributed by atoms with E-state index < -0.39 is 11.7 Å². The zero-order valence-electron chi connectivity index (χ0n) is 12.7. The molecule has 0 saturated heterocycles. The molecule has 1 nitrogen and oxygen atoms in total. The van der Waals surface area contributed by atoms with Gasteiger partial charge in [0.2, 0.25) is 0 Å². The predicted molar refractivity (Wildman–Crippen MR) is 93.3 cm³/mol. The molecule has 3 rings (SSSR count). The Hall–Kier alpha value is -2.40. The van der Waals surface area contributed by atoms with E-state index >= 15 is 0 Å². The molecule has 5 heteroatoms. The molecule has 122 valence electrons. The number of thioether (sulfide) groups is 1. The van der Waals surface area contributed by atoms with Crippen molar-refractivity contribution in [3.8, 4) is 0 Å². The molecule has 0 radical (unpaired) electrons. The number of anilines is 2. The molecule has 24 heavy (non-hydrogen) atoms. The summed E-state index contributed by atoms with van der Waals surface area (Å²) in [5.41, 5.74) is 1.68.